The van der Waals surface area contributed by atoms with Crippen LogP contribution >= 0.6 is 0 Å². The van der Waals surface area contributed by atoms with Gasteiger partial charge >= 0.3 is 0 Å². The monoisotopic (exact) mass is 195 g/mol. The maximum Gasteiger partial charge on any atom is 0.225 e. The van der Waals surface area contributed by atoms with E-state index in [0.717, 1.165) is 12.1 Å². The van der Waals surface area contributed by atoms with E-state index in [0.29, 0.717) is 13.1 Å². The van der Waals surface area contributed by atoms with E-state index >= 15 is 0 Å². The highest BCUT2D eigenvalue weighted by Crippen LogP contribution is 2.11. The van der Waals surface area contributed by atoms with Crippen LogP contribution in [0.2, 0.25) is 0 Å². The fourth-order valence-electron chi connectivity index (χ4n) is 1.65. The number of hydrogen-bond acceptors (Lipinski definition) is 3. The number of rotatable bonds is 3. The molecule has 0 aromatic carbocycles. The Morgan fingerprint density at radius 1 is 1.71 bits per heavy atom. The maximum atomic E-state index is 11.3. The van der Waals surface area contributed by atoms with Crippen molar-refractivity contribution < 1.29 is 9.90 Å². The number of aromatic nitrogens is 2. The van der Waals surface area contributed by atoms with E-state index in [1.54, 1.807) is 11.1 Å². The topological polar surface area (TPSA) is 69.2 Å². The zero-order chi connectivity index (χ0) is 9.97. The molecule has 2 heterocycles. The number of β-amino-alcohol motifs (C(OH)–C–C–N with tert-alkyl or cyclic N) is 1. The minimum absolute atomic E-state index is 0.0389. The van der Waals surface area contributed by atoms with Gasteiger partial charge in [0.05, 0.1) is 12.5 Å². The van der Waals surface area contributed by atoms with E-state index in [1.807, 2.05) is 6.07 Å². The molecule has 5 heteroatoms. The third-order valence-electron chi connectivity index (χ3n) is 2.40. The van der Waals surface area contributed by atoms with Crippen LogP contribution in [-0.4, -0.2) is 45.3 Å². The van der Waals surface area contributed by atoms with Gasteiger partial charge in [-0.05, 0) is 6.07 Å². The standard InChI is InChI=1S/C9H13N3O2/c13-8-5-9(14)12(6-8)4-2-7-1-3-10-11-7/h1,3,8,13H,2,4-6H2,(H,10,11). The molecule has 1 aromatic rings. The van der Waals surface area contributed by atoms with Crippen molar-refractivity contribution in [1.82, 2.24) is 15.1 Å². The predicted octanol–water partition coefficient (Wildman–Crippen LogP) is -0.455. The zero-order valence-electron chi connectivity index (χ0n) is 7.81. The van der Waals surface area contributed by atoms with Crippen molar-refractivity contribution in [3.05, 3.63) is 18.0 Å². The number of aromatic amines is 1. The first-order chi connectivity index (χ1) is 6.75. The first-order valence-electron chi connectivity index (χ1n) is 4.70. The Hall–Kier alpha value is -1.36. The third kappa shape index (κ3) is 1.93. The van der Waals surface area contributed by atoms with E-state index in [9.17, 15) is 9.90 Å². The van der Waals surface area contributed by atoms with Gasteiger partial charge in [-0.3, -0.25) is 9.89 Å². The SMILES string of the molecule is O=C1CC(O)CN1CCc1ccn[nH]1. The maximum absolute atomic E-state index is 11.3. The predicted molar refractivity (Wildman–Crippen MR) is 49.5 cm³/mol. The number of amides is 1. The highest BCUT2D eigenvalue weighted by atomic mass is 16.3. The first-order valence-corrected chi connectivity index (χ1v) is 4.70. The number of H-pyrrole nitrogens is 1. The van der Waals surface area contributed by atoms with Crippen LogP contribution < -0.4 is 0 Å². The van der Waals surface area contributed by atoms with Gasteiger partial charge in [-0.2, -0.15) is 5.10 Å². The first kappa shape index (κ1) is 9.21. The lowest BCUT2D eigenvalue weighted by Gasteiger charge is -2.14. The van der Waals surface area contributed by atoms with Crippen LogP contribution in [0.15, 0.2) is 12.3 Å². The summed E-state index contributed by atoms with van der Waals surface area (Å²) in [5.41, 5.74) is 1.01. The van der Waals surface area contributed by atoms with Crippen molar-refractivity contribution in [1.29, 1.82) is 0 Å². The fraction of sp³-hybridized carbons (Fsp3) is 0.556. The summed E-state index contributed by atoms with van der Waals surface area (Å²) >= 11 is 0. The average molecular weight is 195 g/mol. The average Bonchev–Trinajstić information content (AvgIpc) is 2.72. The van der Waals surface area contributed by atoms with E-state index in [4.69, 9.17) is 0 Å². The van der Waals surface area contributed by atoms with Crippen LogP contribution in [0.1, 0.15) is 12.1 Å². The Morgan fingerprint density at radius 3 is 3.14 bits per heavy atom. The molecule has 1 aliphatic heterocycles. The van der Waals surface area contributed by atoms with Gasteiger partial charge in [0, 0.05) is 31.4 Å². The smallest absolute Gasteiger partial charge is 0.225 e. The molecule has 0 bridgehead atoms. The van der Waals surface area contributed by atoms with Crippen LogP contribution in [-0.2, 0) is 11.2 Å². The zero-order valence-corrected chi connectivity index (χ0v) is 7.81. The summed E-state index contributed by atoms with van der Waals surface area (Å²) in [5, 5.41) is 15.9. The molecule has 1 atom stereocenters. The van der Waals surface area contributed by atoms with E-state index in [-0.39, 0.29) is 12.3 Å². The van der Waals surface area contributed by atoms with E-state index in [1.165, 1.54) is 0 Å². The molecule has 5 nitrogen and oxygen atoms in total. The molecule has 0 spiro atoms. The molecule has 1 fully saturated rings. The summed E-state index contributed by atoms with van der Waals surface area (Å²) in [7, 11) is 0. The Labute approximate surface area is 81.7 Å². The van der Waals surface area contributed by atoms with Gasteiger partial charge in [-0.15, -0.1) is 0 Å². The summed E-state index contributed by atoms with van der Waals surface area (Å²) < 4.78 is 0. The number of likely N-dealkylation sites (tertiary alicyclic amines) is 1. The molecule has 2 N–H and O–H groups in total. The molecular weight excluding hydrogens is 182 g/mol. The lowest BCUT2D eigenvalue weighted by atomic mass is 10.3. The Bertz CT molecular complexity index is 310. The van der Waals surface area contributed by atoms with Gasteiger partial charge in [0.15, 0.2) is 0 Å². The highest BCUT2D eigenvalue weighted by molar-refractivity contribution is 5.78. The van der Waals surface area contributed by atoms with Crippen molar-refractivity contribution in [3.8, 4) is 0 Å². The summed E-state index contributed by atoms with van der Waals surface area (Å²) in [5.74, 6) is 0.0389. The molecule has 0 radical (unpaired) electrons. The highest BCUT2D eigenvalue weighted by Gasteiger charge is 2.27. The molecular formula is C9H13N3O2. The Morgan fingerprint density at radius 2 is 2.57 bits per heavy atom. The molecule has 76 valence electrons. The van der Waals surface area contributed by atoms with Crippen molar-refractivity contribution in [2.45, 2.75) is 18.9 Å². The second-order valence-electron chi connectivity index (χ2n) is 3.53. The molecule has 0 saturated carbocycles. The number of carbonyl (C=O) groups is 1. The second kappa shape index (κ2) is 3.79. The Kier molecular flexibility index (Phi) is 2.49. The van der Waals surface area contributed by atoms with Crippen molar-refractivity contribution >= 4 is 5.91 Å². The minimum Gasteiger partial charge on any atom is -0.391 e. The molecule has 0 aliphatic carbocycles. The molecule has 14 heavy (non-hydrogen) atoms. The number of aliphatic hydroxyl groups excluding tert-OH is 1. The lowest BCUT2D eigenvalue weighted by Crippen LogP contribution is -2.28. The number of carbonyl (C=O) groups excluding carboxylic acids is 1. The molecule has 1 amide bonds. The normalized spacial score (nSPS) is 21.9. The van der Waals surface area contributed by atoms with Crippen LogP contribution in [0.25, 0.3) is 0 Å². The number of aliphatic hydroxyl groups is 1. The van der Waals surface area contributed by atoms with Crippen molar-refractivity contribution in [2.75, 3.05) is 13.1 Å². The largest absolute Gasteiger partial charge is 0.391 e. The van der Waals surface area contributed by atoms with Crippen LogP contribution in [0.3, 0.4) is 0 Å². The molecule has 1 aromatic heterocycles. The van der Waals surface area contributed by atoms with E-state index < -0.39 is 6.10 Å². The van der Waals surface area contributed by atoms with E-state index in [2.05, 4.69) is 10.2 Å². The van der Waals surface area contributed by atoms with Crippen LogP contribution in [0.5, 0.6) is 0 Å². The second-order valence-corrected chi connectivity index (χ2v) is 3.53. The molecule has 1 saturated heterocycles. The molecule has 1 aliphatic rings. The summed E-state index contributed by atoms with van der Waals surface area (Å²) in [6, 6.07) is 1.89. The lowest BCUT2D eigenvalue weighted by molar-refractivity contribution is -0.127. The van der Waals surface area contributed by atoms with Crippen molar-refractivity contribution in [2.24, 2.45) is 0 Å². The van der Waals surface area contributed by atoms with Crippen LogP contribution in [0.4, 0.5) is 0 Å². The van der Waals surface area contributed by atoms with Gasteiger partial charge in [-0.1, -0.05) is 0 Å². The van der Waals surface area contributed by atoms with Crippen molar-refractivity contribution in [3.63, 3.8) is 0 Å². The summed E-state index contributed by atoms with van der Waals surface area (Å²) in [6.45, 7) is 1.12. The minimum atomic E-state index is -0.482. The molecule has 1 unspecified atom stereocenters. The molecule has 2 rings (SSSR count). The van der Waals surface area contributed by atoms with Gasteiger partial charge in [-0.25, -0.2) is 0 Å². The van der Waals surface area contributed by atoms with Gasteiger partial charge in [0.1, 0.15) is 0 Å². The fourth-order valence-corrected chi connectivity index (χ4v) is 1.65. The number of nitrogens with zero attached hydrogens (tertiary/aromatic N) is 2. The number of nitrogens with one attached hydrogen (secondary N) is 1. The number of hydrogen-bond donors (Lipinski definition) is 2. The quantitative estimate of drug-likeness (QED) is 0.686. The Balaban J connectivity index is 1.84. The van der Waals surface area contributed by atoms with Gasteiger partial charge in [0.2, 0.25) is 5.91 Å². The summed E-state index contributed by atoms with van der Waals surface area (Å²) in [6.07, 6.45) is 2.24. The van der Waals surface area contributed by atoms with Gasteiger partial charge in [0.25, 0.3) is 0 Å². The van der Waals surface area contributed by atoms with Gasteiger partial charge < -0.3 is 10.0 Å². The van der Waals surface area contributed by atoms with Crippen LogP contribution in [0, 0.1) is 0 Å². The third-order valence-corrected chi connectivity index (χ3v) is 2.40. The summed E-state index contributed by atoms with van der Waals surface area (Å²) in [4.78, 5) is 13.0.